The Morgan fingerprint density at radius 2 is 2.08 bits per heavy atom. The molecule has 1 unspecified atom stereocenters. The Morgan fingerprint density at radius 1 is 1.20 bits per heavy atom. The number of urea groups is 1. The van der Waals surface area contributed by atoms with Crippen molar-refractivity contribution in [1.82, 2.24) is 30.0 Å². The number of carbonyl (C=O) groups excluding carboxylic acids is 2. The van der Waals surface area contributed by atoms with Gasteiger partial charge in [-0.2, -0.15) is 0 Å². The van der Waals surface area contributed by atoms with Crippen LogP contribution in [0.4, 0.5) is 4.79 Å². The minimum atomic E-state index is -1.15. The van der Waals surface area contributed by atoms with Gasteiger partial charge in [-0.05, 0) is 31.9 Å². The second-order valence-corrected chi connectivity index (χ2v) is 6.66. The summed E-state index contributed by atoms with van der Waals surface area (Å²) in [6, 6.07) is 4.89. The number of hydrogen-bond acceptors (Lipinski definition) is 5. The Balaban J connectivity index is 1.61. The van der Waals surface area contributed by atoms with E-state index >= 15 is 0 Å². The van der Waals surface area contributed by atoms with Crippen LogP contribution in [0.1, 0.15) is 43.5 Å². The van der Waals surface area contributed by atoms with Crippen LogP contribution in [0.2, 0.25) is 0 Å². The highest BCUT2D eigenvalue weighted by Gasteiger charge is 2.50. The lowest BCUT2D eigenvalue weighted by Crippen LogP contribution is -2.41. The van der Waals surface area contributed by atoms with Gasteiger partial charge in [0.1, 0.15) is 5.82 Å². The predicted molar refractivity (Wildman–Crippen MR) is 88.2 cm³/mol. The molecule has 8 heteroatoms. The minimum Gasteiger partial charge on any atom is -0.318 e. The molecule has 2 aromatic rings. The Bertz CT molecular complexity index is 818. The van der Waals surface area contributed by atoms with E-state index < -0.39 is 11.6 Å². The number of pyridine rings is 1. The van der Waals surface area contributed by atoms with Crippen molar-refractivity contribution >= 4 is 11.9 Å². The second-order valence-electron chi connectivity index (χ2n) is 6.66. The number of aryl methyl sites for hydroxylation is 1. The molecule has 0 saturated carbocycles. The topological polar surface area (TPSA) is 93.0 Å². The first-order valence-corrected chi connectivity index (χ1v) is 8.56. The highest BCUT2D eigenvalue weighted by molar-refractivity contribution is 6.06. The van der Waals surface area contributed by atoms with Gasteiger partial charge in [0, 0.05) is 19.2 Å². The molecule has 0 bridgehead atoms. The van der Waals surface area contributed by atoms with Crippen LogP contribution in [0.25, 0.3) is 0 Å². The zero-order valence-electron chi connectivity index (χ0n) is 14.1. The summed E-state index contributed by atoms with van der Waals surface area (Å²) < 4.78 is 2.05. The minimum absolute atomic E-state index is 0.125. The number of amides is 3. The van der Waals surface area contributed by atoms with Crippen molar-refractivity contribution in [2.45, 2.75) is 51.2 Å². The molecule has 25 heavy (non-hydrogen) atoms. The van der Waals surface area contributed by atoms with Gasteiger partial charge in [0.25, 0.3) is 5.91 Å². The van der Waals surface area contributed by atoms with E-state index in [9.17, 15) is 9.59 Å². The Kier molecular flexibility index (Phi) is 3.74. The second kappa shape index (κ2) is 5.94. The molecular weight excluding hydrogens is 320 g/mol. The van der Waals surface area contributed by atoms with Gasteiger partial charge in [-0.3, -0.25) is 14.7 Å². The number of aromatic nitrogens is 4. The van der Waals surface area contributed by atoms with Crippen molar-refractivity contribution < 1.29 is 9.59 Å². The summed E-state index contributed by atoms with van der Waals surface area (Å²) in [5.74, 6) is 1.28. The molecule has 1 saturated heterocycles. The van der Waals surface area contributed by atoms with Crippen LogP contribution in [0.5, 0.6) is 0 Å². The van der Waals surface area contributed by atoms with Crippen molar-refractivity contribution in [3.8, 4) is 0 Å². The quantitative estimate of drug-likeness (QED) is 0.852. The van der Waals surface area contributed by atoms with Crippen molar-refractivity contribution in [3.63, 3.8) is 0 Å². The summed E-state index contributed by atoms with van der Waals surface area (Å²) in [6.45, 7) is 2.64. The van der Waals surface area contributed by atoms with Gasteiger partial charge in [-0.25, -0.2) is 4.79 Å². The lowest BCUT2D eigenvalue weighted by Gasteiger charge is -2.20. The molecular formula is C17H20N6O2. The van der Waals surface area contributed by atoms with E-state index in [2.05, 4.69) is 20.5 Å². The third-order valence-corrected chi connectivity index (χ3v) is 4.94. The maximum atomic E-state index is 12.9. The molecule has 2 aliphatic heterocycles. The third-order valence-electron chi connectivity index (χ3n) is 4.94. The normalized spacial score (nSPS) is 23.3. The smallest absolute Gasteiger partial charge is 0.318 e. The van der Waals surface area contributed by atoms with E-state index in [0.717, 1.165) is 38.1 Å². The Morgan fingerprint density at radius 3 is 2.88 bits per heavy atom. The molecule has 1 fully saturated rings. The molecule has 1 N–H and O–H groups in total. The summed E-state index contributed by atoms with van der Waals surface area (Å²) >= 11 is 0. The third kappa shape index (κ3) is 2.57. The number of carbonyl (C=O) groups is 2. The summed E-state index contributed by atoms with van der Waals surface area (Å²) in [5.41, 5.74) is -0.629. The van der Waals surface area contributed by atoms with Gasteiger partial charge in [-0.15, -0.1) is 10.2 Å². The van der Waals surface area contributed by atoms with Gasteiger partial charge in [0.2, 0.25) is 0 Å². The van der Waals surface area contributed by atoms with Crippen molar-refractivity contribution in [1.29, 1.82) is 0 Å². The summed E-state index contributed by atoms with van der Waals surface area (Å²) in [6.07, 6.45) is 5.81. The maximum absolute atomic E-state index is 12.9. The molecule has 4 rings (SSSR count). The average Bonchev–Trinajstić information content (AvgIpc) is 2.97. The fraction of sp³-hybridized carbons (Fsp3) is 0.471. The number of fused-ring (bicyclic) bond motifs is 1. The van der Waals surface area contributed by atoms with Gasteiger partial charge < -0.3 is 9.88 Å². The highest BCUT2D eigenvalue weighted by Crippen LogP contribution is 2.28. The SMILES string of the molecule is CC1(c2ccccn2)NC(=O)N(Cc2nnc3n2CCCCC3)C1=O. The van der Waals surface area contributed by atoms with Crippen LogP contribution < -0.4 is 5.32 Å². The molecule has 0 aliphatic carbocycles. The van der Waals surface area contributed by atoms with E-state index in [1.54, 1.807) is 31.3 Å². The summed E-state index contributed by atoms with van der Waals surface area (Å²) in [5, 5.41) is 11.2. The van der Waals surface area contributed by atoms with Gasteiger partial charge in [-0.1, -0.05) is 12.5 Å². The number of rotatable bonds is 3. The van der Waals surface area contributed by atoms with Crippen LogP contribution in [-0.4, -0.2) is 36.6 Å². The van der Waals surface area contributed by atoms with Crippen molar-refractivity contribution in [2.24, 2.45) is 0 Å². The number of imide groups is 1. The Labute approximate surface area is 145 Å². The first-order chi connectivity index (χ1) is 12.1. The number of nitrogens with zero attached hydrogens (tertiary/aromatic N) is 5. The maximum Gasteiger partial charge on any atom is 0.325 e. The highest BCUT2D eigenvalue weighted by atomic mass is 16.2. The van der Waals surface area contributed by atoms with E-state index in [-0.39, 0.29) is 12.5 Å². The predicted octanol–water partition coefficient (Wildman–Crippen LogP) is 1.37. The molecule has 0 aromatic carbocycles. The van der Waals surface area contributed by atoms with E-state index in [0.29, 0.717) is 11.5 Å². The van der Waals surface area contributed by atoms with Crippen LogP contribution in [0, 0.1) is 0 Å². The molecule has 2 aromatic heterocycles. The van der Waals surface area contributed by atoms with Crippen LogP contribution in [0.15, 0.2) is 24.4 Å². The van der Waals surface area contributed by atoms with Crippen LogP contribution >= 0.6 is 0 Å². The molecule has 130 valence electrons. The standard InChI is InChI=1S/C17H20N6O2/c1-17(12-7-4-5-9-18-12)15(24)23(16(25)19-17)11-14-21-20-13-8-3-2-6-10-22(13)14/h4-5,7,9H,2-3,6,8,10-11H2,1H3,(H,19,25). The zero-order valence-corrected chi connectivity index (χ0v) is 14.1. The monoisotopic (exact) mass is 340 g/mol. The van der Waals surface area contributed by atoms with Gasteiger partial charge in [0.15, 0.2) is 11.4 Å². The molecule has 8 nitrogen and oxygen atoms in total. The van der Waals surface area contributed by atoms with E-state index in [1.807, 2.05) is 4.57 Å². The fourth-order valence-corrected chi connectivity index (χ4v) is 3.48. The molecule has 3 amide bonds. The number of hydrogen-bond donors (Lipinski definition) is 1. The first kappa shape index (κ1) is 15.7. The lowest BCUT2D eigenvalue weighted by atomic mass is 9.97. The molecule has 2 aliphatic rings. The Hall–Kier alpha value is -2.77. The largest absolute Gasteiger partial charge is 0.325 e. The van der Waals surface area contributed by atoms with Crippen LogP contribution in [0.3, 0.4) is 0 Å². The van der Waals surface area contributed by atoms with E-state index in [4.69, 9.17) is 0 Å². The molecule has 0 spiro atoms. The summed E-state index contributed by atoms with van der Waals surface area (Å²) in [7, 11) is 0. The summed E-state index contributed by atoms with van der Waals surface area (Å²) in [4.78, 5) is 30.8. The molecule has 0 radical (unpaired) electrons. The van der Waals surface area contributed by atoms with E-state index in [1.165, 1.54) is 4.90 Å². The van der Waals surface area contributed by atoms with Gasteiger partial charge >= 0.3 is 6.03 Å². The van der Waals surface area contributed by atoms with Crippen molar-refractivity contribution in [2.75, 3.05) is 0 Å². The number of nitrogens with one attached hydrogen (secondary N) is 1. The van der Waals surface area contributed by atoms with Gasteiger partial charge in [0.05, 0.1) is 12.2 Å². The van der Waals surface area contributed by atoms with Crippen LogP contribution in [-0.2, 0) is 29.8 Å². The lowest BCUT2D eigenvalue weighted by molar-refractivity contribution is -0.131. The zero-order chi connectivity index (χ0) is 17.4. The molecule has 4 heterocycles. The average molecular weight is 340 g/mol. The first-order valence-electron chi connectivity index (χ1n) is 8.56. The molecule has 1 atom stereocenters. The van der Waals surface area contributed by atoms with Crippen molar-refractivity contribution in [3.05, 3.63) is 41.7 Å². The fourth-order valence-electron chi connectivity index (χ4n) is 3.48.